The van der Waals surface area contributed by atoms with Gasteiger partial charge in [-0.3, -0.25) is 4.98 Å². The van der Waals surface area contributed by atoms with Crippen molar-refractivity contribution in [3.8, 4) is 0 Å². The van der Waals surface area contributed by atoms with Gasteiger partial charge in [-0.25, -0.2) is 0 Å². The van der Waals surface area contributed by atoms with Crippen LogP contribution in [0.2, 0.25) is 0 Å². The zero-order valence-corrected chi connectivity index (χ0v) is 9.92. The van der Waals surface area contributed by atoms with Gasteiger partial charge in [0.1, 0.15) is 0 Å². The highest BCUT2D eigenvalue weighted by Crippen LogP contribution is 2.22. The average molecular weight is 246 g/mol. The fraction of sp³-hybridized carbons (Fsp3) is 0.200. The van der Waals surface area contributed by atoms with E-state index in [0.29, 0.717) is 5.65 Å². The van der Waals surface area contributed by atoms with Crippen LogP contribution in [0.5, 0.6) is 0 Å². The quantitative estimate of drug-likeness (QED) is 0.762. The van der Waals surface area contributed by atoms with Gasteiger partial charge in [0.15, 0.2) is 11.5 Å². The number of thiophene rings is 1. The molecule has 1 N–H and O–H groups in total. The van der Waals surface area contributed by atoms with Gasteiger partial charge >= 0.3 is 0 Å². The molecule has 0 spiro atoms. The van der Waals surface area contributed by atoms with Crippen LogP contribution in [0.4, 0.5) is 5.82 Å². The van der Waals surface area contributed by atoms with Crippen molar-refractivity contribution in [2.24, 2.45) is 0 Å². The van der Waals surface area contributed by atoms with Crippen molar-refractivity contribution in [3.63, 3.8) is 0 Å². The highest BCUT2D eigenvalue weighted by atomic mass is 32.1. The van der Waals surface area contributed by atoms with Crippen molar-refractivity contribution in [1.82, 2.24) is 25.0 Å². The summed E-state index contributed by atoms with van der Waals surface area (Å²) in [5, 5.41) is 16.8. The third-order valence-electron chi connectivity index (χ3n) is 2.44. The number of nitrogens with zero attached hydrogens (tertiary/aromatic N) is 5. The number of fused-ring (bicyclic) bond motifs is 1. The molecule has 0 bridgehead atoms. The first-order valence-electron chi connectivity index (χ1n) is 5.16. The van der Waals surface area contributed by atoms with Crippen molar-refractivity contribution in [2.75, 3.05) is 5.32 Å². The molecule has 0 amide bonds. The van der Waals surface area contributed by atoms with E-state index in [0.717, 1.165) is 5.82 Å². The molecule has 0 aliphatic rings. The normalized spacial score (nSPS) is 12.8. The molecule has 7 heteroatoms. The summed E-state index contributed by atoms with van der Waals surface area (Å²) in [6.07, 6.45) is 3.34. The summed E-state index contributed by atoms with van der Waals surface area (Å²) in [5.74, 6) is 0.786. The van der Waals surface area contributed by atoms with Crippen molar-refractivity contribution >= 4 is 22.8 Å². The summed E-state index contributed by atoms with van der Waals surface area (Å²) in [6, 6.07) is 4.33. The molecule has 0 radical (unpaired) electrons. The number of nitrogens with one attached hydrogen (secondary N) is 1. The van der Waals surface area contributed by atoms with E-state index in [1.165, 1.54) is 4.88 Å². The number of tetrazole rings is 1. The lowest BCUT2D eigenvalue weighted by Crippen LogP contribution is -2.09. The Balaban J connectivity index is 1.92. The largest absolute Gasteiger partial charge is 0.361 e. The molecule has 0 saturated carbocycles. The molecule has 0 aliphatic heterocycles. The maximum Gasteiger partial charge on any atom is 0.199 e. The molecule has 17 heavy (non-hydrogen) atoms. The third-order valence-corrected chi connectivity index (χ3v) is 3.50. The molecular weight excluding hydrogens is 236 g/mol. The molecule has 6 nitrogen and oxygen atoms in total. The molecular formula is C10H10N6S. The minimum atomic E-state index is 0.201. The second kappa shape index (κ2) is 4.10. The van der Waals surface area contributed by atoms with Gasteiger partial charge in [-0.1, -0.05) is 6.07 Å². The Morgan fingerprint density at radius 1 is 1.41 bits per heavy atom. The van der Waals surface area contributed by atoms with Gasteiger partial charge in [-0.2, -0.15) is 4.52 Å². The predicted molar refractivity (Wildman–Crippen MR) is 64.9 cm³/mol. The summed E-state index contributed by atoms with van der Waals surface area (Å²) < 4.78 is 1.64. The fourth-order valence-corrected chi connectivity index (χ4v) is 2.34. The molecule has 1 atom stereocenters. The molecule has 3 rings (SSSR count). The first kappa shape index (κ1) is 10.2. The van der Waals surface area contributed by atoms with E-state index in [4.69, 9.17) is 0 Å². The van der Waals surface area contributed by atoms with Gasteiger partial charge in [-0.05, 0) is 28.8 Å². The topological polar surface area (TPSA) is 68.0 Å². The van der Waals surface area contributed by atoms with E-state index >= 15 is 0 Å². The van der Waals surface area contributed by atoms with Crippen molar-refractivity contribution < 1.29 is 0 Å². The lowest BCUT2D eigenvalue weighted by atomic mass is 10.3. The van der Waals surface area contributed by atoms with Gasteiger partial charge in [0.2, 0.25) is 0 Å². The van der Waals surface area contributed by atoms with Crippen LogP contribution >= 0.6 is 11.3 Å². The molecule has 86 valence electrons. The van der Waals surface area contributed by atoms with Crippen LogP contribution in [-0.2, 0) is 0 Å². The number of aromatic nitrogens is 5. The van der Waals surface area contributed by atoms with Crippen LogP contribution in [0.3, 0.4) is 0 Å². The van der Waals surface area contributed by atoms with Gasteiger partial charge in [-0.15, -0.1) is 16.4 Å². The third kappa shape index (κ3) is 1.84. The Morgan fingerprint density at radius 2 is 2.35 bits per heavy atom. The number of rotatable bonds is 3. The number of hydrogen-bond acceptors (Lipinski definition) is 6. The number of hydrogen-bond donors (Lipinski definition) is 1. The van der Waals surface area contributed by atoms with Crippen LogP contribution in [-0.4, -0.2) is 25.0 Å². The molecule has 1 unspecified atom stereocenters. The van der Waals surface area contributed by atoms with E-state index in [9.17, 15) is 0 Å². The zero-order chi connectivity index (χ0) is 11.7. The summed E-state index contributed by atoms with van der Waals surface area (Å²) in [5.41, 5.74) is 0.633. The van der Waals surface area contributed by atoms with Crippen LogP contribution in [0.1, 0.15) is 17.8 Å². The smallest absolute Gasteiger partial charge is 0.199 e. The second-order valence-corrected chi connectivity index (χ2v) is 4.60. The van der Waals surface area contributed by atoms with Crippen LogP contribution in [0.25, 0.3) is 5.65 Å². The minimum Gasteiger partial charge on any atom is -0.361 e. The Kier molecular flexibility index (Phi) is 2.45. The van der Waals surface area contributed by atoms with Crippen molar-refractivity contribution in [3.05, 3.63) is 34.8 Å². The lowest BCUT2D eigenvalue weighted by molar-refractivity contribution is 0.801. The van der Waals surface area contributed by atoms with Crippen LogP contribution < -0.4 is 5.32 Å². The first-order chi connectivity index (χ1) is 8.34. The van der Waals surface area contributed by atoms with E-state index in [-0.39, 0.29) is 6.04 Å². The highest BCUT2D eigenvalue weighted by molar-refractivity contribution is 7.10. The van der Waals surface area contributed by atoms with Gasteiger partial charge in [0, 0.05) is 4.88 Å². The molecule has 3 heterocycles. The second-order valence-electron chi connectivity index (χ2n) is 3.62. The average Bonchev–Trinajstić information content (AvgIpc) is 3.00. The van der Waals surface area contributed by atoms with E-state index < -0.39 is 0 Å². The molecule has 3 aromatic rings. The van der Waals surface area contributed by atoms with E-state index in [2.05, 4.69) is 44.2 Å². The highest BCUT2D eigenvalue weighted by Gasteiger charge is 2.09. The Hall–Kier alpha value is -2.02. The summed E-state index contributed by atoms with van der Waals surface area (Å²) in [4.78, 5) is 5.36. The van der Waals surface area contributed by atoms with Crippen molar-refractivity contribution in [1.29, 1.82) is 0 Å². The monoisotopic (exact) mass is 246 g/mol. The van der Waals surface area contributed by atoms with E-state index in [1.807, 2.05) is 6.07 Å². The molecule has 3 aromatic heterocycles. The fourth-order valence-electron chi connectivity index (χ4n) is 1.60. The molecule has 0 aliphatic carbocycles. The van der Waals surface area contributed by atoms with Crippen LogP contribution in [0.15, 0.2) is 29.9 Å². The van der Waals surface area contributed by atoms with Gasteiger partial charge < -0.3 is 5.32 Å². The van der Waals surface area contributed by atoms with Gasteiger partial charge in [0.25, 0.3) is 0 Å². The first-order valence-corrected chi connectivity index (χ1v) is 6.04. The SMILES string of the molecule is CC(Nc1cncc2nnnn12)c1cccs1. The molecule has 0 fully saturated rings. The Labute approximate surface area is 101 Å². The molecule has 0 aromatic carbocycles. The Bertz CT molecular complexity index is 617. The summed E-state index contributed by atoms with van der Waals surface area (Å²) in [7, 11) is 0. The standard InChI is InChI=1S/C10H10N6S/c1-7(8-3-2-4-17-8)12-9-5-11-6-10-13-14-15-16(9)10/h2-7,12H,1H3. The van der Waals surface area contributed by atoms with E-state index in [1.54, 1.807) is 28.2 Å². The predicted octanol–water partition coefficient (Wildman–Crippen LogP) is 1.75. The van der Waals surface area contributed by atoms with Crippen molar-refractivity contribution in [2.45, 2.75) is 13.0 Å². The molecule has 0 saturated heterocycles. The maximum absolute atomic E-state index is 4.10. The number of anilines is 1. The minimum absolute atomic E-state index is 0.201. The maximum atomic E-state index is 4.10. The zero-order valence-electron chi connectivity index (χ0n) is 9.11. The van der Waals surface area contributed by atoms with Crippen LogP contribution in [0, 0.1) is 0 Å². The Morgan fingerprint density at radius 3 is 3.18 bits per heavy atom. The summed E-state index contributed by atoms with van der Waals surface area (Å²) in [6.45, 7) is 2.09. The summed E-state index contributed by atoms with van der Waals surface area (Å²) >= 11 is 1.71. The lowest BCUT2D eigenvalue weighted by Gasteiger charge is -2.13. The van der Waals surface area contributed by atoms with Gasteiger partial charge in [0.05, 0.1) is 18.4 Å².